The first-order valence-corrected chi connectivity index (χ1v) is 5.34. The first-order chi connectivity index (χ1) is 7.27. The normalized spacial score (nSPS) is 9.53. The number of hydrogen-bond acceptors (Lipinski definition) is 2. The molecule has 0 aliphatic heterocycles. The summed E-state index contributed by atoms with van der Waals surface area (Å²) in [6.45, 7) is 6.09. The van der Waals surface area contributed by atoms with E-state index >= 15 is 0 Å². The Labute approximate surface area is 92.3 Å². The van der Waals surface area contributed by atoms with Gasteiger partial charge in [-0.3, -0.25) is 0 Å². The lowest BCUT2D eigenvalue weighted by Crippen LogP contribution is -1.92. The Morgan fingerprint density at radius 1 is 1.33 bits per heavy atom. The van der Waals surface area contributed by atoms with Crippen molar-refractivity contribution in [2.45, 2.75) is 27.2 Å². The first kappa shape index (κ1) is 13.4. The lowest BCUT2D eigenvalue weighted by molar-refractivity contribution is 1.23. The summed E-state index contributed by atoms with van der Waals surface area (Å²) in [5.41, 5.74) is 8.24. The highest BCUT2D eigenvalue weighted by Gasteiger charge is 1.94. The number of nitrogens with two attached hydrogens (primary N) is 1. The zero-order valence-electron chi connectivity index (χ0n) is 9.75. The second-order valence-corrected chi connectivity index (χ2v) is 2.84. The molecule has 2 nitrogen and oxygen atoms in total. The molecule has 0 saturated heterocycles. The Balaban J connectivity index is 0.000000921. The maximum absolute atomic E-state index is 7.07. The molecule has 0 aromatic heterocycles. The van der Waals surface area contributed by atoms with Crippen LogP contribution in [0.1, 0.15) is 38.3 Å². The third-order valence-corrected chi connectivity index (χ3v) is 1.81. The zero-order chi connectivity index (χ0) is 11.7. The lowest BCUT2D eigenvalue weighted by Gasteiger charge is -2.00. The van der Waals surface area contributed by atoms with Gasteiger partial charge in [-0.2, -0.15) is 0 Å². The molecule has 0 aliphatic carbocycles. The van der Waals surface area contributed by atoms with Crippen LogP contribution in [0, 0.1) is 5.41 Å². The summed E-state index contributed by atoms with van der Waals surface area (Å²) in [5.74, 6) is 0. The topological polar surface area (TPSA) is 49.9 Å². The van der Waals surface area contributed by atoms with Crippen molar-refractivity contribution in [2.24, 2.45) is 0 Å². The fourth-order valence-electron chi connectivity index (χ4n) is 1.08. The minimum atomic E-state index is 0.660. The van der Waals surface area contributed by atoms with E-state index in [0.29, 0.717) is 5.69 Å². The van der Waals surface area contributed by atoms with Crippen molar-refractivity contribution in [3.05, 3.63) is 35.4 Å². The van der Waals surface area contributed by atoms with Gasteiger partial charge in [-0.1, -0.05) is 45.1 Å². The molecule has 0 amide bonds. The molecule has 0 fully saturated rings. The van der Waals surface area contributed by atoms with E-state index in [4.69, 9.17) is 11.1 Å². The van der Waals surface area contributed by atoms with Crippen LogP contribution in [0.25, 0.3) is 6.08 Å². The van der Waals surface area contributed by atoms with Crippen LogP contribution in [0.2, 0.25) is 0 Å². The number of allylic oxidation sites excluding steroid dienone is 1. The van der Waals surface area contributed by atoms with Crippen LogP contribution in [0.4, 0.5) is 5.69 Å². The maximum Gasteiger partial charge on any atom is 0.0408 e. The van der Waals surface area contributed by atoms with E-state index in [2.05, 4.69) is 13.0 Å². The van der Waals surface area contributed by atoms with Crippen molar-refractivity contribution in [1.29, 1.82) is 5.41 Å². The fourth-order valence-corrected chi connectivity index (χ4v) is 1.08. The van der Waals surface area contributed by atoms with Crippen molar-refractivity contribution in [2.75, 3.05) is 5.73 Å². The van der Waals surface area contributed by atoms with Crippen LogP contribution < -0.4 is 5.73 Å². The van der Waals surface area contributed by atoms with Crippen molar-refractivity contribution >= 4 is 18.0 Å². The van der Waals surface area contributed by atoms with Gasteiger partial charge in [0.1, 0.15) is 0 Å². The molecule has 0 radical (unpaired) electrons. The van der Waals surface area contributed by atoms with Crippen molar-refractivity contribution in [1.82, 2.24) is 0 Å². The summed E-state index contributed by atoms with van der Waals surface area (Å²) in [7, 11) is 0. The van der Waals surface area contributed by atoms with Gasteiger partial charge >= 0.3 is 0 Å². The number of nitrogen functional groups attached to an aromatic ring is 1. The number of nitrogens with one attached hydrogen (secondary N) is 1. The minimum Gasteiger partial charge on any atom is -0.398 e. The van der Waals surface area contributed by atoms with E-state index in [1.165, 1.54) is 6.21 Å². The van der Waals surface area contributed by atoms with Gasteiger partial charge in [-0.15, -0.1) is 0 Å². The Morgan fingerprint density at radius 3 is 2.47 bits per heavy atom. The maximum atomic E-state index is 7.07. The Hall–Kier alpha value is -1.57. The van der Waals surface area contributed by atoms with E-state index in [1.54, 1.807) is 0 Å². The fraction of sp³-hybridized carbons (Fsp3) is 0.308. The predicted molar refractivity (Wildman–Crippen MR) is 69.4 cm³/mol. The molecule has 0 saturated carbocycles. The highest BCUT2D eigenvalue weighted by molar-refractivity contribution is 5.85. The summed E-state index contributed by atoms with van der Waals surface area (Å²) in [5, 5.41) is 7.07. The monoisotopic (exact) mass is 204 g/mol. The summed E-state index contributed by atoms with van der Waals surface area (Å²) in [4.78, 5) is 0. The number of benzene rings is 1. The van der Waals surface area contributed by atoms with E-state index in [0.717, 1.165) is 17.5 Å². The average Bonchev–Trinajstić information content (AvgIpc) is 2.29. The standard InChI is InChI=1S/C11H14N2.C2H6/c1-2-3-4-9-5-6-10(8-12)11(13)7-9;1-2/h3-8,12H,2,13H2,1H3;1-2H3/b4-3+,12-8?;. The lowest BCUT2D eigenvalue weighted by atomic mass is 10.1. The molecule has 0 heterocycles. The number of rotatable bonds is 3. The summed E-state index contributed by atoms with van der Waals surface area (Å²) in [6.07, 6.45) is 6.40. The van der Waals surface area contributed by atoms with E-state index < -0.39 is 0 Å². The second-order valence-electron chi connectivity index (χ2n) is 2.84. The third-order valence-electron chi connectivity index (χ3n) is 1.81. The van der Waals surface area contributed by atoms with Crippen molar-refractivity contribution in [3.8, 4) is 0 Å². The van der Waals surface area contributed by atoms with Gasteiger partial charge < -0.3 is 11.1 Å². The zero-order valence-corrected chi connectivity index (χ0v) is 9.75. The Morgan fingerprint density at radius 2 is 2.00 bits per heavy atom. The molecule has 0 atom stereocenters. The molecule has 1 aromatic carbocycles. The van der Waals surface area contributed by atoms with Gasteiger partial charge in [0.15, 0.2) is 0 Å². The quantitative estimate of drug-likeness (QED) is 0.572. The average molecular weight is 204 g/mol. The summed E-state index contributed by atoms with van der Waals surface area (Å²) in [6, 6.07) is 5.70. The van der Waals surface area contributed by atoms with E-state index in [-0.39, 0.29) is 0 Å². The van der Waals surface area contributed by atoms with Gasteiger partial charge in [0.25, 0.3) is 0 Å². The second kappa shape index (κ2) is 7.80. The van der Waals surface area contributed by atoms with Crippen LogP contribution >= 0.6 is 0 Å². The van der Waals surface area contributed by atoms with Crippen LogP contribution in [-0.2, 0) is 0 Å². The molecule has 15 heavy (non-hydrogen) atoms. The molecule has 82 valence electrons. The molecule has 0 spiro atoms. The highest BCUT2D eigenvalue weighted by Crippen LogP contribution is 2.13. The molecule has 0 unspecified atom stereocenters. The van der Waals surface area contributed by atoms with Gasteiger partial charge in [-0.25, -0.2) is 0 Å². The molecule has 1 aromatic rings. The predicted octanol–water partition coefficient (Wildman–Crippen LogP) is 3.72. The van der Waals surface area contributed by atoms with Gasteiger partial charge in [0.05, 0.1) is 0 Å². The number of hydrogen-bond donors (Lipinski definition) is 2. The third kappa shape index (κ3) is 4.45. The smallest absolute Gasteiger partial charge is 0.0408 e. The van der Waals surface area contributed by atoms with Crippen LogP contribution in [0.5, 0.6) is 0 Å². The largest absolute Gasteiger partial charge is 0.398 e. The Kier molecular flexibility index (Phi) is 6.98. The minimum absolute atomic E-state index is 0.660. The SMILES string of the molecule is CC.CC/C=C/c1ccc(C=N)c(N)c1. The van der Waals surface area contributed by atoms with Crippen LogP contribution in [0.15, 0.2) is 24.3 Å². The Bertz CT molecular complexity index is 327. The molecular weight excluding hydrogens is 184 g/mol. The molecule has 0 aliphatic rings. The summed E-state index contributed by atoms with van der Waals surface area (Å²) >= 11 is 0. The van der Waals surface area contributed by atoms with E-state index in [9.17, 15) is 0 Å². The van der Waals surface area contributed by atoms with Crippen molar-refractivity contribution in [3.63, 3.8) is 0 Å². The van der Waals surface area contributed by atoms with Crippen molar-refractivity contribution < 1.29 is 0 Å². The van der Waals surface area contributed by atoms with E-state index in [1.807, 2.05) is 38.1 Å². The molecule has 0 bridgehead atoms. The highest BCUT2D eigenvalue weighted by atomic mass is 14.6. The van der Waals surface area contributed by atoms with Crippen LogP contribution in [-0.4, -0.2) is 6.21 Å². The van der Waals surface area contributed by atoms with Gasteiger partial charge in [-0.05, 0) is 18.1 Å². The summed E-state index contributed by atoms with van der Waals surface area (Å²) < 4.78 is 0. The van der Waals surface area contributed by atoms with Crippen LogP contribution in [0.3, 0.4) is 0 Å². The first-order valence-electron chi connectivity index (χ1n) is 5.34. The van der Waals surface area contributed by atoms with Gasteiger partial charge in [0, 0.05) is 17.5 Å². The molecular formula is C13H20N2. The van der Waals surface area contributed by atoms with Gasteiger partial charge in [0.2, 0.25) is 0 Å². The number of anilines is 1. The molecule has 2 heteroatoms. The molecule has 3 N–H and O–H groups in total. The molecule has 1 rings (SSSR count).